The number of halogens is 1. The zero-order valence-electron chi connectivity index (χ0n) is 28.9. The molecule has 0 aromatic heterocycles. The zero-order valence-corrected chi connectivity index (χ0v) is 29.7. The van der Waals surface area contributed by atoms with E-state index in [2.05, 4.69) is 5.32 Å². The Balaban J connectivity index is 1.91. The van der Waals surface area contributed by atoms with Crippen LogP contribution < -0.4 is 28.6 Å². The molecule has 2 amide bonds. The van der Waals surface area contributed by atoms with E-state index in [1.807, 2.05) is 30.3 Å². The van der Waals surface area contributed by atoms with Crippen LogP contribution in [0, 0.1) is 5.82 Å². The molecule has 4 aromatic rings. The molecule has 1 N–H and O–H groups in total. The van der Waals surface area contributed by atoms with Crippen LogP contribution in [0.3, 0.4) is 0 Å². The second-order valence-electron chi connectivity index (χ2n) is 11.5. The molecule has 0 radical (unpaired) electrons. The highest BCUT2D eigenvalue weighted by molar-refractivity contribution is 7.92. The van der Waals surface area contributed by atoms with E-state index in [0.29, 0.717) is 11.5 Å². The lowest BCUT2D eigenvalue weighted by molar-refractivity contribution is -0.140. The van der Waals surface area contributed by atoms with Crippen LogP contribution in [0.25, 0.3) is 0 Å². The minimum atomic E-state index is -4.56. The fourth-order valence-corrected chi connectivity index (χ4v) is 6.79. The van der Waals surface area contributed by atoms with Crippen LogP contribution in [0.1, 0.15) is 25.0 Å². The van der Waals surface area contributed by atoms with E-state index in [1.54, 1.807) is 26.0 Å². The molecule has 0 spiro atoms. The zero-order chi connectivity index (χ0) is 36.4. The lowest BCUT2D eigenvalue weighted by atomic mass is 10.0. The third kappa shape index (κ3) is 8.83. The molecule has 0 fully saturated rings. The fourth-order valence-electron chi connectivity index (χ4n) is 5.35. The molecule has 4 rings (SSSR count). The third-order valence-corrected chi connectivity index (χ3v) is 9.63. The van der Waals surface area contributed by atoms with Gasteiger partial charge in [-0.05, 0) is 49.7 Å². The highest BCUT2D eigenvalue weighted by Gasteiger charge is 2.36. The van der Waals surface area contributed by atoms with Crippen molar-refractivity contribution in [2.24, 2.45) is 0 Å². The van der Waals surface area contributed by atoms with Gasteiger partial charge in [-0.15, -0.1) is 0 Å². The summed E-state index contributed by atoms with van der Waals surface area (Å²) in [6.45, 7) is 2.45. The summed E-state index contributed by atoms with van der Waals surface area (Å²) in [6, 6.07) is 22.1. The monoisotopic (exact) mass is 707 g/mol. The van der Waals surface area contributed by atoms with Crippen molar-refractivity contribution in [3.8, 4) is 23.0 Å². The van der Waals surface area contributed by atoms with Gasteiger partial charge in [-0.25, -0.2) is 12.8 Å². The second kappa shape index (κ2) is 16.9. The molecule has 0 bridgehead atoms. The molecule has 0 saturated carbocycles. The van der Waals surface area contributed by atoms with E-state index >= 15 is 4.39 Å². The second-order valence-corrected chi connectivity index (χ2v) is 13.4. The number of carbonyl (C=O) groups is 2. The van der Waals surface area contributed by atoms with Crippen molar-refractivity contribution in [1.82, 2.24) is 10.2 Å². The molecule has 4 aromatic carbocycles. The predicted molar refractivity (Wildman–Crippen MR) is 188 cm³/mol. The Labute approximate surface area is 292 Å². The average molecular weight is 708 g/mol. The van der Waals surface area contributed by atoms with E-state index in [4.69, 9.17) is 18.9 Å². The highest BCUT2D eigenvalue weighted by atomic mass is 32.2. The molecule has 0 aliphatic heterocycles. The van der Waals surface area contributed by atoms with Crippen molar-refractivity contribution in [3.05, 3.63) is 108 Å². The van der Waals surface area contributed by atoms with Gasteiger partial charge >= 0.3 is 0 Å². The smallest absolute Gasteiger partial charge is 0.265 e. The maximum atomic E-state index is 15.2. The molecule has 0 unspecified atom stereocenters. The quantitative estimate of drug-likeness (QED) is 0.168. The number of benzene rings is 4. The summed E-state index contributed by atoms with van der Waals surface area (Å²) >= 11 is 0. The number of anilines is 1. The molecule has 0 aliphatic carbocycles. The van der Waals surface area contributed by atoms with E-state index < -0.39 is 40.2 Å². The standard InChI is InChI=1S/C37H42FN3O8S/c1-25(2)39-37(43)32(20-26-12-8-7-9-13-26)40(23-27-14-10-11-15-30(27)38)36(42)24-41(31-21-28(46-3)16-18-33(31)47-4)50(44,45)29-17-19-34(48-5)35(22-29)49-6/h7-19,21-22,25,32H,20,23-24H2,1-6H3,(H,39,43)/t32-/m0/s1. The van der Waals surface area contributed by atoms with Crippen molar-refractivity contribution in [1.29, 1.82) is 0 Å². The minimum Gasteiger partial charge on any atom is -0.497 e. The SMILES string of the molecule is COc1ccc(OC)c(N(CC(=O)N(Cc2ccccc2F)[C@@H](Cc2ccccc2)C(=O)NC(C)C)S(=O)(=O)c2ccc(OC)c(OC)c2)c1. The first-order chi connectivity index (χ1) is 23.9. The van der Waals surface area contributed by atoms with Crippen LogP contribution in [0.4, 0.5) is 10.1 Å². The molecular weight excluding hydrogens is 665 g/mol. The molecule has 11 nitrogen and oxygen atoms in total. The normalized spacial score (nSPS) is 11.8. The van der Waals surface area contributed by atoms with Crippen molar-refractivity contribution in [2.75, 3.05) is 39.3 Å². The van der Waals surface area contributed by atoms with Crippen LogP contribution in [-0.4, -0.2) is 72.2 Å². The van der Waals surface area contributed by atoms with Crippen molar-refractivity contribution in [3.63, 3.8) is 0 Å². The molecular formula is C37H42FN3O8S. The lowest BCUT2D eigenvalue weighted by Gasteiger charge is -2.34. The summed E-state index contributed by atoms with van der Waals surface area (Å²) in [7, 11) is 1.01. The molecule has 0 saturated heterocycles. The van der Waals surface area contributed by atoms with Crippen molar-refractivity contribution < 1.29 is 41.3 Å². The molecule has 266 valence electrons. The maximum Gasteiger partial charge on any atom is 0.265 e. The summed E-state index contributed by atoms with van der Waals surface area (Å²) < 4.78 is 66.9. The maximum absolute atomic E-state index is 15.2. The Hall–Kier alpha value is -5.30. The van der Waals surface area contributed by atoms with Gasteiger partial charge in [0.15, 0.2) is 11.5 Å². The first kappa shape index (κ1) is 37.5. The topological polar surface area (TPSA) is 124 Å². The lowest BCUT2D eigenvalue weighted by Crippen LogP contribution is -2.54. The van der Waals surface area contributed by atoms with E-state index in [1.165, 1.54) is 81.9 Å². The number of hydrogen-bond donors (Lipinski definition) is 1. The summed E-state index contributed by atoms with van der Waals surface area (Å²) in [4.78, 5) is 29.6. The summed E-state index contributed by atoms with van der Waals surface area (Å²) in [5.41, 5.74) is 0.878. The molecule has 13 heteroatoms. The van der Waals surface area contributed by atoms with Gasteiger partial charge in [-0.2, -0.15) is 0 Å². The van der Waals surface area contributed by atoms with Gasteiger partial charge in [-0.1, -0.05) is 48.5 Å². The van der Waals surface area contributed by atoms with Gasteiger partial charge in [0, 0.05) is 36.7 Å². The number of rotatable bonds is 16. The third-order valence-electron chi connectivity index (χ3n) is 7.88. The van der Waals surface area contributed by atoms with Crippen LogP contribution in [-0.2, 0) is 32.6 Å². The predicted octanol–water partition coefficient (Wildman–Crippen LogP) is 5.22. The fraction of sp³-hybridized carbons (Fsp3) is 0.297. The Morgan fingerprint density at radius 1 is 0.780 bits per heavy atom. The van der Waals surface area contributed by atoms with Crippen molar-refractivity contribution in [2.45, 2.75) is 43.8 Å². The number of methoxy groups -OCH3 is 4. The number of carbonyl (C=O) groups excluding carboxylic acids is 2. The number of hydrogen-bond acceptors (Lipinski definition) is 8. The summed E-state index contributed by atoms with van der Waals surface area (Å²) in [6.07, 6.45) is 0.0739. The molecule has 0 heterocycles. The van der Waals surface area contributed by atoms with E-state index in [-0.39, 0.29) is 46.7 Å². The number of nitrogens with zero attached hydrogens (tertiary/aromatic N) is 2. The molecule has 50 heavy (non-hydrogen) atoms. The van der Waals surface area contributed by atoms with Gasteiger partial charge in [0.1, 0.15) is 29.9 Å². The van der Waals surface area contributed by atoms with Gasteiger partial charge in [0.05, 0.1) is 39.0 Å². The first-order valence-electron chi connectivity index (χ1n) is 15.8. The van der Waals surface area contributed by atoms with E-state index in [9.17, 15) is 18.0 Å². The van der Waals surface area contributed by atoms with Crippen LogP contribution >= 0.6 is 0 Å². The molecule has 0 aliphatic rings. The number of nitrogens with one attached hydrogen (secondary N) is 1. The highest BCUT2D eigenvalue weighted by Crippen LogP contribution is 2.38. The number of amides is 2. The van der Waals surface area contributed by atoms with E-state index in [0.717, 1.165) is 9.87 Å². The van der Waals surface area contributed by atoms with Crippen LogP contribution in [0.2, 0.25) is 0 Å². The largest absolute Gasteiger partial charge is 0.497 e. The van der Waals surface area contributed by atoms with Crippen LogP contribution in [0.5, 0.6) is 23.0 Å². The van der Waals surface area contributed by atoms with Gasteiger partial charge in [0.2, 0.25) is 11.8 Å². The van der Waals surface area contributed by atoms with Crippen molar-refractivity contribution >= 4 is 27.5 Å². The Morgan fingerprint density at radius 2 is 1.42 bits per heavy atom. The summed E-state index contributed by atoms with van der Waals surface area (Å²) in [5, 5.41) is 2.88. The van der Waals surface area contributed by atoms with Gasteiger partial charge in [0.25, 0.3) is 10.0 Å². The number of ether oxygens (including phenoxy) is 4. The molecule has 1 atom stereocenters. The summed E-state index contributed by atoms with van der Waals surface area (Å²) in [5.74, 6) is -0.985. The van der Waals surface area contributed by atoms with Crippen LogP contribution in [0.15, 0.2) is 95.9 Å². The first-order valence-corrected chi connectivity index (χ1v) is 17.2. The van der Waals surface area contributed by atoms with Gasteiger partial charge < -0.3 is 29.2 Å². The Kier molecular flexibility index (Phi) is 12.7. The number of sulfonamides is 1. The average Bonchev–Trinajstić information content (AvgIpc) is 3.12. The van der Waals surface area contributed by atoms with Gasteiger partial charge in [-0.3, -0.25) is 13.9 Å². The minimum absolute atomic E-state index is 0.00734. The Morgan fingerprint density at radius 3 is 2.04 bits per heavy atom. The Bertz CT molecular complexity index is 1890.